The molecule has 5 heteroatoms. The summed E-state index contributed by atoms with van der Waals surface area (Å²) >= 11 is 0. The minimum atomic E-state index is 0.0190. The van der Waals surface area contributed by atoms with Gasteiger partial charge in [0.15, 0.2) is 0 Å². The summed E-state index contributed by atoms with van der Waals surface area (Å²) < 4.78 is 2.20. The van der Waals surface area contributed by atoms with Crippen LogP contribution in [0.4, 0.5) is 0 Å². The van der Waals surface area contributed by atoms with Gasteiger partial charge in [-0.05, 0) is 27.8 Å². The summed E-state index contributed by atoms with van der Waals surface area (Å²) in [7, 11) is 1.99. The maximum atomic E-state index is 4.20. The molecule has 0 fully saturated rings. The third kappa shape index (κ3) is 1.77. The molecule has 2 rings (SSSR count). The summed E-state index contributed by atoms with van der Waals surface area (Å²) in [6, 6.07) is 0. The van der Waals surface area contributed by atoms with Crippen LogP contribution in [0.25, 0.3) is 0 Å². The number of aryl methyl sites for hydroxylation is 1. The summed E-state index contributed by atoms with van der Waals surface area (Å²) in [6.07, 6.45) is 0. The van der Waals surface area contributed by atoms with Crippen molar-refractivity contribution < 1.29 is 0 Å². The molecule has 0 amide bonds. The van der Waals surface area contributed by atoms with E-state index in [-0.39, 0.29) is 5.66 Å². The predicted octanol–water partition coefficient (Wildman–Crippen LogP) is 0.358. The van der Waals surface area contributed by atoms with E-state index in [0.29, 0.717) is 0 Å². The van der Waals surface area contributed by atoms with E-state index in [2.05, 4.69) is 38.8 Å². The maximum Gasteiger partial charge on any atom is 0.147 e. The van der Waals surface area contributed by atoms with E-state index in [1.165, 1.54) is 0 Å². The molecule has 0 bridgehead atoms. The highest BCUT2D eigenvalue weighted by atomic mass is 15.4. The van der Waals surface area contributed by atoms with Gasteiger partial charge in [0.25, 0.3) is 0 Å². The maximum absolute atomic E-state index is 4.20. The molecular formula is C10H19N5. The van der Waals surface area contributed by atoms with Crippen LogP contribution in [-0.2, 0) is 13.1 Å². The predicted molar refractivity (Wildman–Crippen MR) is 58.3 cm³/mol. The van der Waals surface area contributed by atoms with Crippen LogP contribution in [0.15, 0.2) is 0 Å². The number of rotatable bonds is 2. The first kappa shape index (κ1) is 10.6. The Morgan fingerprint density at radius 1 is 1.27 bits per heavy atom. The molecule has 0 radical (unpaired) electrons. The summed E-state index contributed by atoms with van der Waals surface area (Å²) in [5.41, 5.74) is 0.0190. The van der Waals surface area contributed by atoms with Gasteiger partial charge in [-0.2, -0.15) is 0 Å². The van der Waals surface area contributed by atoms with Crippen molar-refractivity contribution in [2.24, 2.45) is 0 Å². The first-order chi connectivity index (χ1) is 7.04. The van der Waals surface area contributed by atoms with E-state index in [9.17, 15) is 0 Å². The summed E-state index contributed by atoms with van der Waals surface area (Å²) in [6.45, 7) is 9.28. The Balaban J connectivity index is 2.19. The highest BCUT2D eigenvalue weighted by Gasteiger charge is 2.29. The van der Waals surface area contributed by atoms with Gasteiger partial charge in [0.2, 0.25) is 0 Å². The van der Waals surface area contributed by atoms with Gasteiger partial charge in [0.1, 0.15) is 11.6 Å². The highest BCUT2D eigenvalue weighted by molar-refractivity contribution is 4.99. The molecule has 0 spiro atoms. The van der Waals surface area contributed by atoms with Gasteiger partial charge in [-0.25, -0.2) is 0 Å². The topological polar surface area (TPSA) is 46.0 Å². The Morgan fingerprint density at radius 2 is 2.00 bits per heavy atom. The van der Waals surface area contributed by atoms with Crippen molar-refractivity contribution in [3.8, 4) is 0 Å². The lowest BCUT2D eigenvalue weighted by Crippen LogP contribution is -2.55. The molecule has 5 nitrogen and oxygen atoms in total. The van der Waals surface area contributed by atoms with Gasteiger partial charge in [0.05, 0.1) is 12.2 Å². The van der Waals surface area contributed by atoms with Crippen LogP contribution >= 0.6 is 0 Å². The van der Waals surface area contributed by atoms with Crippen molar-refractivity contribution in [1.29, 1.82) is 0 Å². The molecule has 0 saturated carbocycles. The molecule has 1 aliphatic rings. The number of nitrogens with zero attached hydrogens (tertiary/aromatic N) is 4. The smallest absolute Gasteiger partial charge is 0.147 e. The first-order valence-electron chi connectivity index (χ1n) is 5.37. The zero-order valence-corrected chi connectivity index (χ0v) is 9.91. The third-order valence-electron chi connectivity index (χ3n) is 3.34. The van der Waals surface area contributed by atoms with Gasteiger partial charge >= 0.3 is 0 Å². The van der Waals surface area contributed by atoms with Crippen LogP contribution in [0.3, 0.4) is 0 Å². The Bertz CT molecular complexity index is 355. The fourth-order valence-corrected chi connectivity index (χ4v) is 1.94. The molecule has 0 atom stereocenters. The van der Waals surface area contributed by atoms with Crippen molar-refractivity contribution >= 4 is 0 Å². The Morgan fingerprint density at radius 3 is 2.67 bits per heavy atom. The van der Waals surface area contributed by atoms with E-state index in [1.807, 2.05) is 14.0 Å². The lowest BCUT2D eigenvalue weighted by atomic mass is 10.1. The van der Waals surface area contributed by atoms with Crippen LogP contribution in [0.2, 0.25) is 0 Å². The summed E-state index contributed by atoms with van der Waals surface area (Å²) in [5, 5.41) is 11.6. The normalized spacial score (nSPS) is 17.9. The molecule has 1 aromatic rings. The van der Waals surface area contributed by atoms with Crippen LogP contribution in [0, 0.1) is 6.92 Å². The molecule has 1 aliphatic heterocycles. The van der Waals surface area contributed by atoms with E-state index < -0.39 is 0 Å². The number of fused-ring (bicyclic) bond motifs is 1. The van der Waals surface area contributed by atoms with E-state index in [0.717, 1.165) is 31.3 Å². The molecule has 15 heavy (non-hydrogen) atoms. The zero-order chi connectivity index (χ0) is 11.1. The molecule has 0 saturated heterocycles. The standard InChI is InChI=1S/C10H19N5/c1-8-12-13-9-7-14(5-6-15(8)9)10(2,3)11-4/h11H,5-7H2,1-4H3. The Labute approximate surface area is 90.5 Å². The van der Waals surface area contributed by atoms with E-state index in [4.69, 9.17) is 0 Å². The van der Waals surface area contributed by atoms with E-state index in [1.54, 1.807) is 0 Å². The van der Waals surface area contributed by atoms with Crippen molar-refractivity contribution in [2.45, 2.75) is 39.5 Å². The van der Waals surface area contributed by atoms with Crippen LogP contribution < -0.4 is 5.32 Å². The molecule has 0 aliphatic carbocycles. The van der Waals surface area contributed by atoms with Crippen molar-refractivity contribution in [3.05, 3.63) is 11.6 Å². The Kier molecular flexibility index (Phi) is 2.52. The molecule has 1 N–H and O–H groups in total. The SMILES string of the molecule is CNC(C)(C)N1CCn2c(C)nnc2C1. The van der Waals surface area contributed by atoms with Crippen molar-refractivity contribution in [2.75, 3.05) is 13.6 Å². The average Bonchev–Trinajstić information content (AvgIpc) is 2.60. The number of nitrogens with one attached hydrogen (secondary N) is 1. The van der Waals surface area contributed by atoms with Gasteiger partial charge < -0.3 is 9.88 Å². The summed E-state index contributed by atoms with van der Waals surface area (Å²) in [5.74, 6) is 2.09. The zero-order valence-electron chi connectivity index (χ0n) is 9.91. The first-order valence-corrected chi connectivity index (χ1v) is 5.37. The largest absolute Gasteiger partial charge is 0.313 e. The van der Waals surface area contributed by atoms with Crippen molar-refractivity contribution in [3.63, 3.8) is 0 Å². The van der Waals surface area contributed by atoms with E-state index >= 15 is 0 Å². The molecule has 84 valence electrons. The minimum absolute atomic E-state index is 0.0190. The third-order valence-corrected chi connectivity index (χ3v) is 3.34. The molecular weight excluding hydrogens is 190 g/mol. The molecule has 0 aromatic carbocycles. The molecule has 2 heterocycles. The summed E-state index contributed by atoms with van der Waals surface area (Å²) in [4.78, 5) is 2.39. The second kappa shape index (κ2) is 3.57. The van der Waals surface area contributed by atoms with Gasteiger partial charge in [-0.15, -0.1) is 10.2 Å². The number of hydrogen-bond acceptors (Lipinski definition) is 4. The second-order valence-electron chi connectivity index (χ2n) is 4.55. The fourth-order valence-electron chi connectivity index (χ4n) is 1.94. The minimum Gasteiger partial charge on any atom is -0.313 e. The van der Waals surface area contributed by atoms with Gasteiger partial charge in [0, 0.05) is 13.1 Å². The molecule has 1 aromatic heterocycles. The monoisotopic (exact) mass is 209 g/mol. The van der Waals surface area contributed by atoms with Crippen LogP contribution in [0.1, 0.15) is 25.5 Å². The quantitative estimate of drug-likeness (QED) is 0.764. The fraction of sp³-hybridized carbons (Fsp3) is 0.800. The van der Waals surface area contributed by atoms with Crippen LogP contribution in [0.5, 0.6) is 0 Å². The molecule has 0 unspecified atom stereocenters. The number of hydrogen-bond donors (Lipinski definition) is 1. The lowest BCUT2D eigenvalue weighted by molar-refractivity contribution is 0.0637. The second-order valence-corrected chi connectivity index (χ2v) is 4.55. The van der Waals surface area contributed by atoms with Gasteiger partial charge in [-0.3, -0.25) is 4.90 Å². The van der Waals surface area contributed by atoms with Gasteiger partial charge in [-0.1, -0.05) is 0 Å². The van der Waals surface area contributed by atoms with Crippen LogP contribution in [-0.4, -0.2) is 38.9 Å². The van der Waals surface area contributed by atoms with Crippen molar-refractivity contribution in [1.82, 2.24) is 25.0 Å². The highest BCUT2D eigenvalue weighted by Crippen LogP contribution is 2.18. The average molecular weight is 209 g/mol. The Hall–Kier alpha value is -0.940. The lowest BCUT2D eigenvalue weighted by Gasteiger charge is -2.40. The number of aromatic nitrogens is 3.